The molecule has 1 fully saturated rings. The van der Waals surface area contributed by atoms with Crippen molar-refractivity contribution >= 4 is 22.7 Å². The Morgan fingerprint density at radius 3 is 2.83 bits per heavy atom. The lowest BCUT2D eigenvalue weighted by molar-refractivity contribution is 0.559. The van der Waals surface area contributed by atoms with Gasteiger partial charge >= 0.3 is 0 Å². The van der Waals surface area contributed by atoms with Crippen LogP contribution in [0.1, 0.15) is 49.4 Å². The van der Waals surface area contributed by atoms with E-state index in [-0.39, 0.29) is 11.6 Å². The van der Waals surface area contributed by atoms with E-state index in [1.807, 2.05) is 48.9 Å². The van der Waals surface area contributed by atoms with Gasteiger partial charge in [-0.1, -0.05) is 18.2 Å². The van der Waals surface area contributed by atoms with E-state index in [0.717, 1.165) is 49.3 Å². The molecule has 3 heterocycles. The third-order valence-electron chi connectivity index (χ3n) is 6.96. The van der Waals surface area contributed by atoms with E-state index in [0.29, 0.717) is 17.0 Å². The Bertz CT molecular complexity index is 1550. The summed E-state index contributed by atoms with van der Waals surface area (Å²) >= 11 is 0. The number of aromatic nitrogens is 4. The first-order chi connectivity index (χ1) is 16.9. The fraction of sp³-hybridized carbons (Fsp3) is 0.333. The smallest absolute Gasteiger partial charge is 0.278 e. The molecule has 4 aromatic rings. The van der Waals surface area contributed by atoms with Crippen molar-refractivity contribution in [2.75, 3.05) is 11.9 Å². The van der Waals surface area contributed by atoms with Gasteiger partial charge in [-0.3, -0.25) is 4.79 Å². The number of hydrogen-bond acceptors (Lipinski definition) is 6. The molecular formula is C27H27N7O. The molecule has 2 N–H and O–H groups in total. The van der Waals surface area contributed by atoms with Gasteiger partial charge in [0.2, 0.25) is 5.95 Å². The molecule has 0 radical (unpaired) electrons. The second kappa shape index (κ2) is 8.07. The fourth-order valence-electron chi connectivity index (χ4n) is 4.73. The molecular weight excluding hydrogens is 438 g/mol. The number of hydrogen-bond donors (Lipinski definition) is 2. The molecule has 0 atom stereocenters. The van der Waals surface area contributed by atoms with Crippen molar-refractivity contribution in [2.45, 2.75) is 51.1 Å². The van der Waals surface area contributed by atoms with E-state index in [2.05, 4.69) is 33.8 Å². The van der Waals surface area contributed by atoms with Crippen LogP contribution in [0.3, 0.4) is 0 Å². The lowest BCUT2D eigenvalue weighted by atomic mass is 9.86. The quantitative estimate of drug-likeness (QED) is 0.460. The summed E-state index contributed by atoms with van der Waals surface area (Å²) in [6, 6.07) is 16.7. The average Bonchev–Trinajstić information content (AvgIpc) is 3.68. The Labute approximate surface area is 203 Å². The highest BCUT2D eigenvalue weighted by Crippen LogP contribution is 2.36. The first-order valence-electron chi connectivity index (χ1n) is 12.1. The largest absolute Gasteiger partial charge is 0.324 e. The molecule has 8 nitrogen and oxygen atoms in total. The molecule has 1 aliphatic carbocycles. The number of nitrogens with zero attached hydrogens (tertiary/aromatic N) is 5. The van der Waals surface area contributed by atoms with Gasteiger partial charge in [0.05, 0.1) is 23.2 Å². The van der Waals surface area contributed by atoms with Crippen molar-refractivity contribution in [3.8, 4) is 11.8 Å². The topological polar surface area (TPSA) is 101 Å². The number of nitriles is 1. The highest BCUT2D eigenvalue weighted by atomic mass is 16.1. The van der Waals surface area contributed by atoms with Crippen LogP contribution in [0.2, 0.25) is 0 Å². The minimum atomic E-state index is -0.646. The number of nitrogens with one attached hydrogen (secondary N) is 2. The standard InChI is InChI=1S/C27H27N7O/c1-27(2,16-28)19-4-3-5-22(13-19)33-24-23(25(35)34(33)21-8-9-21)15-30-26(32-24)31-20-7-6-17-10-11-29-14-18(17)12-20/h3-7,12-13,15,21,29H,8-11,14H2,1-2H3,(H,30,31,32). The molecule has 2 aromatic carbocycles. The fourth-order valence-corrected chi connectivity index (χ4v) is 4.73. The minimum Gasteiger partial charge on any atom is -0.324 e. The summed E-state index contributed by atoms with van der Waals surface area (Å²) in [5.41, 5.74) is 5.09. The third-order valence-corrected chi connectivity index (χ3v) is 6.96. The molecule has 0 unspecified atom stereocenters. The molecule has 1 saturated carbocycles. The molecule has 0 spiro atoms. The Balaban J connectivity index is 1.47. The highest BCUT2D eigenvalue weighted by Gasteiger charge is 2.31. The Morgan fingerprint density at radius 2 is 2.03 bits per heavy atom. The summed E-state index contributed by atoms with van der Waals surface area (Å²) in [5, 5.41) is 16.9. The second-order valence-corrected chi connectivity index (χ2v) is 9.95. The summed E-state index contributed by atoms with van der Waals surface area (Å²) in [6.45, 7) is 5.64. The Morgan fingerprint density at radius 1 is 1.17 bits per heavy atom. The minimum absolute atomic E-state index is 0.0844. The van der Waals surface area contributed by atoms with Crippen molar-refractivity contribution in [2.24, 2.45) is 0 Å². The van der Waals surface area contributed by atoms with Crippen LogP contribution in [0, 0.1) is 11.3 Å². The summed E-state index contributed by atoms with van der Waals surface area (Å²) < 4.78 is 3.70. The molecule has 0 bridgehead atoms. The maximum absolute atomic E-state index is 13.4. The zero-order valence-electron chi connectivity index (χ0n) is 19.9. The predicted octanol–water partition coefficient (Wildman–Crippen LogP) is 4.11. The van der Waals surface area contributed by atoms with E-state index < -0.39 is 5.41 Å². The predicted molar refractivity (Wildman–Crippen MR) is 135 cm³/mol. The average molecular weight is 466 g/mol. The van der Waals surface area contributed by atoms with Crippen molar-refractivity contribution < 1.29 is 0 Å². The van der Waals surface area contributed by atoms with Crippen LogP contribution in [-0.2, 0) is 18.4 Å². The molecule has 2 aromatic heterocycles. The van der Waals surface area contributed by atoms with E-state index in [1.165, 1.54) is 11.1 Å². The van der Waals surface area contributed by atoms with Crippen LogP contribution in [0.5, 0.6) is 0 Å². The van der Waals surface area contributed by atoms with Crippen molar-refractivity contribution in [3.05, 3.63) is 75.7 Å². The molecule has 35 heavy (non-hydrogen) atoms. The van der Waals surface area contributed by atoms with Gasteiger partial charge in [-0.15, -0.1) is 0 Å². The van der Waals surface area contributed by atoms with Gasteiger partial charge in [-0.2, -0.15) is 10.2 Å². The highest BCUT2D eigenvalue weighted by molar-refractivity contribution is 5.77. The summed E-state index contributed by atoms with van der Waals surface area (Å²) in [6.07, 6.45) is 4.56. The van der Waals surface area contributed by atoms with Crippen LogP contribution in [-0.4, -0.2) is 25.9 Å². The third kappa shape index (κ3) is 3.78. The van der Waals surface area contributed by atoms with Crippen LogP contribution < -0.4 is 16.2 Å². The van der Waals surface area contributed by atoms with Crippen LogP contribution in [0.25, 0.3) is 16.7 Å². The SMILES string of the molecule is CC(C)(C#N)c1cccc(-n2c3nc(Nc4ccc5c(c4)CNCC5)ncc3c(=O)n2C2CC2)c1. The van der Waals surface area contributed by atoms with E-state index >= 15 is 0 Å². The van der Waals surface area contributed by atoms with Gasteiger partial charge in [0.1, 0.15) is 5.39 Å². The molecule has 1 aliphatic heterocycles. The van der Waals surface area contributed by atoms with E-state index in [4.69, 9.17) is 4.98 Å². The maximum Gasteiger partial charge on any atom is 0.278 e. The molecule has 2 aliphatic rings. The summed E-state index contributed by atoms with van der Waals surface area (Å²) in [7, 11) is 0. The monoisotopic (exact) mass is 465 g/mol. The van der Waals surface area contributed by atoms with Crippen LogP contribution in [0.15, 0.2) is 53.5 Å². The zero-order chi connectivity index (χ0) is 24.2. The number of fused-ring (bicyclic) bond motifs is 2. The maximum atomic E-state index is 13.4. The van der Waals surface area contributed by atoms with Crippen molar-refractivity contribution in [1.82, 2.24) is 24.6 Å². The van der Waals surface area contributed by atoms with Gasteiger partial charge in [-0.05, 0) is 80.6 Å². The molecule has 0 saturated heterocycles. The van der Waals surface area contributed by atoms with Gasteiger partial charge in [0.25, 0.3) is 5.56 Å². The van der Waals surface area contributed by atoms with Crippen LogP contribution >= 0.6 is 0 Å². The van der Waals surface area contributed by atoms with Gasteiger partial charge < -0.3 is 10.6 Å². The normalized spacial score (nSPS) is 15.6. The Kier molecular flexibility index (Phi) is 4.97. The molecule has 8 heteroatoms. The second-order valence-electron chi connectivity index (χ2n) is 9.95. The van der Waals surface area contributed by atoms with Gasteiger partial charge in [0.15, 0.2) is 5.65 Å². The number of benzene rings is 2. The van der Waals surface area contributed by atoms with Gasteiger partial charge in [-0.25, -0.2) is 14.3 Å². The molecule has 176 valence electrons. The summed E-state index contributed by atoms with van der Waals surface area (Å²) in [5.74, 6) is 0.441. The van der Waals surface area contributed by atoms with Crippen molar-refractivity contribution in [1.29, 1.82) is 5.26 Å². The summed E-state index contributed by atoms with van der Waals surface area (Å²) in [4.78, 5) is 22.6. The number of anilines is 2. The number of rotatable bonds is 5. The lowest BCUT2D eigenvalue weighted by Gasteiger charge is -2.19. The first kappa shape index (κ1) is 21.6. The first-order valence-corrected chi connectivity index (χ1v) is 12.1. The van der Waals surface area contributed by atoms with Gasteiger partial charge in [0, 0.05) is 18.4 Å². The van der Waals surface area contributed by atoms with E-state index in [1.54, 1.807) is 10.9 Å². The van der Waals surface area contributed by atoms with E-state index in [9.17, 15) is 10.1 Å². The molecule has 6 rings (SSSR count). The van der Waals surface area contributed by atoms with Crippen LogP contribution in [0.4, 0.5) is 11.6 Å². The Hall–Kier alpha value is -3.96. The molecule has 0 amide bonds. The zero-order valence-corrected chi connectivity index (χ0v) is 19.9. The lowest BCUT2D eigenvalue weighted by Crippen LogP contribution is -2.23. The van der Waals surface area contributed by atoms with Crippen molar-refractivity contribution in [3.63, 3.8) is 0 Å².